The first-order chi connectivity index (χ1) is 7.58. The van der Waals surface area contributed by atoms with E-state index in [0.717, 1.165) is 24.0 Å². The molecule has 2 nitrogen and oxygen atoms in total. The second-order valence-electron chi connectivity index (χ2n) is 4.15. The van der Waals surface area contributed by atoms with Crippen molar-refractivity contribution < 1.29 is 4.79 Å². The summed E-state index contributed by atoms with van der Waals surface area (Å²) < 4.78 is 0. The molecule has 1 aromatic rings. The molecule has 0 heterocycles. The van der Waals surface area contributed by atoms with E-state index >= 15 is 0 Å². The van der Waals surface area contributed by atoms with Crippen LogP contribution >= 0.6 is 23.2 Å². The fraction of sp³-hybridized carbons (Fsp3) is 0.417. The van der Waals surface area contributed by atoms with E-state index in [1.807, 2.05) is 19.1 Å². The van der Waals surface area contributed by atoms with Crippen LogP contribution in [-0.4, -0.2) is 11.9 Å². The molecule has 1 atom stereocenters. The van der Waals surface area contributed by atoms with E-state index < -0.39 is 5.38 Å². The van der Waals surface area contributed by atoms with Gasteiger partial charge in [-0.05, 0) is 43.0 Å². The van der Waals surface area contributed by atoms with Gasteiger partial charge in [0, 0.05) is 11.1 Å². The van der Waals surface area contributed by atoms with Gasteiger partial charge in [0.2, 0.25) is 5.91 Å². The van der Waals surface area contributed by atoms with E-state index in [2.05, 4.69) is 5.32 Å². The lowest BCUT2D eigenvalue weighted by Gasteiger charge is -2.12. The molecule has 16 heavy (non-hydrogen) atoms. The second-order valence-corrected chi connectivity index (χ2v) is 5.02. The molecular formula is C12H13Cl2NO. The first-order valence-corrected chi connectivity index (χ1v) is 6.10. The maximum absolute atomic E-state index is 11.8. The molecule has 0 aliphatic heterocycles. The van der Waals surface area contributed by atoms with Crippen molar-refractivity contribution in [2.75, 3.05) is 0 Å². The van der Waals surface area contributed by atoms with Crippen LogP contribution < -0.4 is 5.32 Å². The van der Waals surface area contributed by atoms with Crippen LogP contribution in [0.5, 0.6) is 0 Å². The molecule has 1 amide bonds. The predicted octanol–water partition coefficient (Wildman–Crippen LogP) is 3.21. The molecule has 1 unspecified atom stereocenters. The van der Waals surface area contributed by atoms with Gasteiger partial charge in [0.15, 0.2) is 0 Å². The zero-order chi connectivity index (χ0) is 11.7. The molecule has 0 bridgehead atoms. The van der Waals surface area contributed by atoms with Crippen molar-refractivity contribution >= 4 is 29.1 Å². The van der Waals surface area contributed by atoms with Gasteiger partial charge in [0.1, 0.15) is 5.38 Å². The molecule has 1 saturated carbocycles. The third-order valence-corrected chi connectivity index (χ3v) is 3.33. The Labute approximate surface area is 105 Å². The van der Waals surface area contributed by atoms with E-state index in [-0.39, 0.29) is 5.91 Å². The average Bonchev–Trinajstić information content (AvgIpc) is 3.00. The topological polar surface area (TPSA) is 29.1 Å². The van der Waals surface area contributed by atoms with Crippen LogP contribution in [0.3, 0.4) is 0 Å². The molecule has 0 aromatic heterocycles. The summed E-state index contributed by atoms with van der Waals surface area (Å²) in [5.74, 6) is -0.116. The molecule has 4 heteroatoms. The van der Waals surface area contributed by atoms with Crippen molar-refractivity contribution in [3.05, 3.63) is 34.3 Å². The number of carbonyl (C=O) groups excluding carboxylic acids is 1. The number of hydrogen-bond acceptors (Lipinski definition) is 1. The number of aryl methyl sites for hydroxylation is 1. The summed E-state index contributed by atoms with van der Waals surface area (Å²) in [5, 5.41) is 2.92. The van der Waals surface area contributed by atoms with E-state index in [1.165, 1.54) is 0 Å². The molecule has 1 fully saturated rings. The average molecular weight is 258 g/mol. The van der Waals surface area contributed by atoms with Gasteiger partial charge in [-0.25, -0.2) is 0 Å². The molecule has 2 rings (SSSR count). The summed E-state index contributed by atoms with van der Waals surface area (Å²) in [6.45, 7) is 1.90. The molecule has 0 radical (unpaired) electrons. The van der Waals surface area contributed by atoms with Crippen LogP contribution in [0.4, 0.5) is 0 Å². The number of rotatable bonds is 3. The third-order valence-electron chi connectivity index (χ3n) is 2.66. The van der Waals surface area contributed by atoms with Crippen LogP contribution in [0.15, 0.2) is 18.2 Å². The van der Waals surface area contributed by atoms with Crippen LogP contribution in [0.25, 0.3) is 0 Å². The summed E-state index contributed by atoms with van der Waals surface area (Å²) in [6.07, 6.45) is 2.13. The van der Waals surface area contributed by atoms with Crippen molar-refractivity contribution in [2.24, 2.45) is 0 Å². The smallest absolute Gasteiger partial charge is 0.242 e. The minimum Gasteiger partial charge on any atom is -0.352 e. The summed E-state index contributed by atoms with van der Waals surface area (Å²) in [7, 11) is 0. The molecule has 1 aliphatic carbocycles. The first-order valence-electron chi connectivity index (χ1n) is 5.28. The number of nitrogens with one attached hydrogen (secondary N) is 1. The van der Waals surface area contributed by atoms with Crippen molar-refractivity contribution in [3.63, 3.8) is 0 Å². The maximum Gasteiger partial charge on any atom is 0.242 e. The van der Waals surface area contributed by atoms with Crippen LogP contribution in [0, 0.1) is 6.92 Å². The monoisotopic (exact) mass is 257 g/mol. The normalized spacial score (nSPS) is 16.9. The van der Waals surface area contributed by atoms with Gasteiger partial charge < -0.3 is 5.32 Å². The van der Waals surface area contributed by atoms with Gasteiger partial charge in [-0.15, -0.1) is 11.6 Å². The highest BCUT2D eigenvalue weighted by molar-refractivity contribution is 6.32. The second kappa shape index (κ2) is 4.64. The summed E-state index contributed by atoms with van der Waals surface area (Å²) in [4.78, 5) is 11.8. The van der Waals surface area contributed by atoms with E-state index in [4.69, 9.17) is 23.2 Å². The van der Waals surface area contributed by atoms with Crippen LogP contribution in [0.1, 0.15) is 29.3 Å². The SMILES string of the molecule is Cc1cc(Cl)ccc1C(Cl)C(=O)NC1CC1. The number of carbonyl (C=O) groups is 1. The Bertz CT molecular complexity index is 415. The minimum absolute atomic E-state index is 0.116. The minimum atomic E-state index is -0.627. The van der Waals surface area contributed by atoms with Crippen molar-refractivity contribution in [2.45, 2.75) is 31.2 Å². The van der Waals surface area contributed by atoms with Crippen LogP contribution in [-0.2, 0) is 4.79 Å². The summed E-state index contributed by atoms with van der Waals surface area (Å²) >= 11 is 12.0. The Hall–Kier alpha value is -0.730. The van der Waals surface area contributed by atoms with E-state index in [0.29, 0.717) is 11.1 Å². The zero-order valence-corrected chi connectivity index (χ0v) is 10.5. The van der Waals surface area contributed by atoms with Gasteiger partial charge in [-0.1, -0.05) is 17.7 Å². The fourth-order valence-electron chi connectivity index (χ4n) is 1.57. The summed E-state index contributed by atoms with van der Waals surface area (Å²) in [5.41, 5.74) is 1.77. The Kier molecular flexibility index (Phi) is 3.41. The highest BCUT2D eigenvalue weighted by atomic mass is 35.5. The molecule has 0 saturated heterocycles. The van der Waals surface area contributed by atoms with Crippen molar-refractivity contribution in [3.8, 4) is 0 Å². The number of amides is 1. The van der Waals surface area contributed by atoms with Gasteiger partial charge in [-0.2, -0.15) is 0 Å². The van der Waals surface area contributed by atoms with Crippen molar-refractivity contribution in [1.29, 1.82) is 0 Å². The number of hydrogen-bond donors (Lipinski definition) is 1. The molecular weight excluding hydrogens is 245 g/mol. The zero-order valence-electron chi connectivity index (χ0n) is 8.97. The Balaban J connectivity index is 2.12. The first kappa shape index (κ1) is 11.7. The van der Waals surface area contributed by atoms with Crippen LogP contribution in [0.2, 0.25) is 5.02 Å². The number of benzene rings is 1. The predicted molar refractivity (Wildman–Crippen MR) is 65.9 cm³/mol. The largest absolute Gasteiger partial charge is 0.352 e. The fourth-order valence-corrected chi connectivity index (χ4v) is 2.10. The quantitative estimate of drug-likeness (QED) is 0.829. The summed E-state index contributed by atoms with van der Waals surface area (Å²) in [6, 6.07) is 5.71. The van der Waals surface area contributed by atoms with Crippen molar-refractivity contribution in [1.82, 2.24) is 5.32 Å². The maximum atomic E-state index is 11.8. The lowest BCUT2D eigenvalue weighted by molar-refractivity contribution is -0.121. The highest BCUT2D eigenvalue weighted by Gasteiger charge is 2.27. The Morgan fingerprint density at radius 2 is 2.19 bits per heavy atom. The molecule has 1 aromatic carbocycles. The molecule has 0 spiro atoms. The van der Waals surface area contributed by atoms with Gasteiger partial charge >= 0.3 is 0 Å². The van der Waals surface area contributed by atoms with Gasteiger partial charge in [-0.3, -0.25) is 4.79 Å². The third kappa shape index (κ3) is 2.69. The van der Waals surface area contributed by atoms with E-state index in [9.17, 15) is 4.79 Å². The molecule has 1 aliphatic rings. The number of alkyl halides is 1. The van der Waals surface area contributed by atoms with E-state index in [1.54, 1.807) is 6.07 Å². The standard InChI is InChI=1S/C12H13Cl2NO/c1-7-6-8(13)2-5-10(7)11(14)12(16)15-9-3-4-9/h2,5-6,9,11H,3-4H2,1H3,(H,15,16). The Morgan fingerprint density at radius 1 is 1.50 bits per heavy atom. The number of halogens is 2. The molecule has 86 valence electrons. The molecule has 1 N–H and O–H groups in total. The Morgan fingerprint density at radius 3 is 2.75 bits per heavy atom. The van der Waals surface area contributed by atoms with Gasteiger partial charge in [0.25, 0.3) is 0 Å². The lowest BCUT2D eigenvalue weighted by atomic mass is 10.1. The highest BCUT2D eigenvalue weighted by Crippen LogP contribution is 2.28. The lowest BCUT2D eigenvalue weighted by Crippen LogP contribution is -2.29. The van der Waals surface area contributed by atoms with Gasteiger partial charge in [0.05, 0.1) is 0 Å².